The van der Waals surface area contributed by atoms with Crippen molar-refractivity contribution < 1.29 is 4.79 Å². The van der Waals surface area contributed by atoms with Crippen LogP contribution in [0.1, 0.15) is 13.3 Å². The molecule has 2 rings (SSSR count). The van der Waals surface area contributed by atoms with E-state index in [9.17, 15) is 4.79 Å². The van der Waals surface area contributed by atoms with Gasteiger partial charge in [0, 0.05) is 26.6 Å². The molecule has 0 radical (unpaired) electrons. The Hall–Kier alpha value is -0.280. The Morgan fingerprint density at radius 3 is 2.27 bits per heavy atom. The molecular formula is C7H13ClN2O. The van der Waals surface area contributed by atoms with Crippen molar-refractivity contribution in [2.24, 2.45) is 0 Å². The Kier molecular flexibility index (Phi) is 2.12. The summed E-state index contributed by atoms with van der Waals surface area (Å²) in [5, 5.41) is 3.19. The van der Waals surface area contributed by atoms with Crippen LogP contribution in [0.15, 0.2) is 0 Å². The lowest BCUT2D eigenvalue weighted by molar-refractivity contribution is -0.149. The molecule has 0 atom stereocenters. The van der Waals surface area contributed by atoms with Gasteiger partial charge in [0.2, 0.25) is 5.91 Å². The number of likely N-dealkylation sites (tertiary alicyclic amines) is 1. The predicted octanol–water partition coefficient (Wildman–Crippen LogP) is 0.00240. The summed E-state index contributed by atoms with van der Waals surface area (Å²) in [6.45, 7) is 4.63. The summed E-state index contributed by atoms with van der Waals surface area (Å²) in [5.74, 6) is 0.229. The van der Waals surface area contributed by atoms with E-state index in [4.69, 9.17) is 0 Å². The molecule has 0 aromatic rings. The summed E-state index contributed by atoms with van der Waals surface area (Å²) in [6, 6.07) is 0. The molecule has 0 aromatic heterocycles. The van der Waals surface area contributed by atoms with Crippen molar-refractivity contribution in [2.75, 3.05) is 19.6 Å². The van der Waals surface area contributed by atoms with E-state index in [1.54, 1.807) is 6.92 Å². The highest BCUT2D eigenvalue weighted by Crippen LogP contribution is 2.33. The normalized spacial score (nSPS) is 25.0. The number of carbonyl (C=O) groups excluding carboxylic acids is 1. The fourth-order valence-electron chi connectivity index (χ4n) is 1.81. The first-order valence-corrected chi connectivity index (χ1v) is 3.74. The minimum atomic E-state index is 0. The lowest BCUT2D eigenvalue weighted by atomic mass is 9.79. The fraction of sp³-hybridized carbons (Fsp3) is 0.857. The van der Waals surface area contributed by atoms with Crippen LogP contribution >= 0.6 is 12.4 Å². The Bertz CT molecular complexity index is 174. The number of rotatable bonds is 0. The van der Waals surface area contributed by atoms with Crippen LogP contribution < -0.4 is 5.32 Å². The van der Waals surface area contributed by atoms with Gasteiger partial charge in [0.25, 0.3) is 0 Å². The average Bonchev–Trinajstić information content (AvgIpc) is 1.53. The van der Waals surface area contributed by atoms with Crippen molar-refractivity contribution in [1.29, 1.82) is 0 Å². The molecule has 1 amide bonds. The molecule has 2 saturated heterocycles. The second-order valence-corrected chi connectivity index (χ2v) is 3.25. The molecule has 2 aliphatic heterocycles. The topological polar surface area (TPSA) is 32.3 Å². The van der Waals surface area contributed by atoms with E-state index in [1.165, 1.54) is 6.42 Å². The van der Waals surface area contributed by atoms with Crippen molar-refractivity contribution in [1.82, 2.24) is 10.2 Å². The maximum absolute atomic E-state index is 10.9. The summed E-state index contributed by atoms with van der Waals surface area (Å²) in [6.07, 6.45) is 1.19. The highest BCUT2D eigenvalue weighted by Gasteiger charge is 2.50. The third-order valence-electron chi connectivity index (χ3n) is 2.66. The molecule has 3 nitrogen and oxygen atoms in total. The summed E-state index contributed by atoms with van der Waals surface area (Å²) in [7, 11) is 0. The van der Waals surface area contributed by atoms with Crippen molar-refractivity contribution in [3.8, 4) is 0 Å². The number of hydrogen-bond acceptors (Lipinski definition) is 2. The van der Waals surface area contributed by atoms with Crippen molar-refractivity contribution in [3.63, 3.8) is 0 Å². The number of nitrogens with one attached hydrogen (secondary N) is 1. The molecule has 2 aliphatic rings. The van der Waals surface area contributed by atoms with Gasteiger partial charge in [-0.2, -0.15) is 0 Å². The summed E-state index contributed by atoms with van der Waals surface area (Å²) in [4.78, 5) is 12.9. The van der Waals surface area contributed by atoms with E-state index >= 15 is 0 Å². The first-order chi connectivity index (χ1) is 4.75. The van der Waals surface area contributed by atoms with Crippen LogP contribution in [0, 0.1) is 0 Å². The van der Waals surface area contributed by atoms with Gasteiger partial charge < -0.3 is 10.2 Å². The van der Waals surface area contributed by atoms with E-state index in [1.807, 2.05) is 4.90 Å². The maximum Gasteiger partial charge on any atom is 0.219 e. The first-order valence-electron chi connectivity index (χ1n) is 3.74. The molecular weight excluding hydrogens is 164 g/mol. The fourth-order valence-corrected chi connectivity index (χ4v) is 1.81. The van der Waals surface area contributed by atoms with Crippen LogP contribution in [0.3, 0.4) is 0 Å². The molecule has 11 heavy (non-hydrogen) atoms. The maximum atomic E-state index is 10.9. The van der Waals surface area contributed by atoms with E-state index in [2.05, 4.69) is 5.32 Å². The SMILES string of the molecule is CC(=O)N1CCC12CNC2.Cl. The largest absolute Gasteiger partial charge is 0.335 e. The zero-order valence-electron chi connectivity index (χ0n) is 6.59. The molecule has 1 spiro atoms. The summed E-state index contributed by atoms with van der Waals surface area (Å²) >= 11 is 0. The monoisotopic (exact) mass is 176 g/mol. The van der Waals surface area contributed by atoms with Crippen molar-refractivity contribution >= 4 is 18.3 Å². The molecule has 0 aromatic carbocycles. The van der Waals surface area contributed by atoms with E-state index in [0.717, 1.165) is 19.6 Å². The van der Waals surface area contributed by atoms with E-state index in [0.29, 0.717) is 0 Å². The third-order valence-corrected chi connectivity index (χ3v) is 2.66. The molecule has 2 heterocycles. The van der Waals surface area contributed by atoms with Crippen LogP contribution in [-0.4, -0.2) is 36.0 Å². The average molecular weight is 177 g/mol. The van der Waals surface area contributed by atoms with E-state index in [-0.39, 0.29) is 23.9 Å². The molecule has 1 N–H and O–H groups in total. The molecule has 4 heteroatoms. The van der Waals surface area contributed by atoms with Gasteiger partial charge in [-0.05, 0) is 6.42 Å². The molecule has 0 aliphatic carbocycles. The molecule has 0 unspecified atom stereocenters. The highest BCUT2D eigenvalue weighted by molar-refractivity contribution is 5.85. The number of halogens is 1. The van der Waals surface area contributed by atoms with Gasteiger partial charge in [-0.1, -0.05) is 0 Å². The molecule has 2 fully saturated rings. The van der Waals surface area contributed by atoms with Gasteiger partial charge in [-0.25, -0.2) is 0 Å². The standard InChI is InChI=1S/C7H12N2O.ClH/c1-6(10)9-3-2-7(9)4-8-5-7;/h8H,2-5H2,1H3;1H. The second kappa shape index (κ2) is 2.64. The number of nitrogens with zero attached hydrogens (tertiary/aromatic N) is 1. The number of amides is 1. The van der Waals surface area contributed by atoms with Crippen LogP contribution in [0.25, 0.3) is 0 Å². The predicted molar refractivity (Wildman–Crippen MR) is 44.9 cm³/mol. The van der Waals surface area contributed by atoms with Crippen LogP contribution in [0.2, 0.25) is 0 Å². The number of hydrogen-bond donors (Lipinski definition) is 1. The highest BCUT2D eigenvalue weighted by atomic mass is 35.5. The zero-order chi connectivity index (χ0) is 7.19. The minimum Gasteiger partial charge on any atom is -0.335 e. The summed E-state index contributed by atoms with van der Waals surface area (Å²) < 4.78 is 0. The Labute approximate surface area is 72.5 Å². The van der Waals surface area contributed by atoms with E-state index < -0.39 is 0 Å². The summed E-state index contributed by atoms with van der Waals surface area (Å²) in [5.41, 5.74) is 0.256. The van der Waals surface area contributed by atoms with Crippen LogP contribution in [0.4, 0.5) is 0 Å². The van der Waals surface area contributed by atoms with Gasteiger partial charge in [0.05, 0.1) is 5.54 Å². The lowest BCUT2D eigenvalue weighted by Gasteiger charge is -2.58. The third kappa shape index (κ3) is 1.03. The van der Waals surface area contributed by atoms with Gasteiger partial charge >= 0.3 is 0 Å². The van der Waals surface area contributed by atoms with Crippen LogP contribution in [0.5, 0.6) is 0 Å². The Morgan fingerprint density at radius 2 is 2.18 bits per heavy atom. The molecule has 0 bridgehead atoms. The zero-order valence-corrected chi connectivity index (χ0v) is 7.41. The molecule has 64 valence electrons. The van der Waals surface area contributed by atoms with Crippen molar-refractivity contribution in [2.45, 2.75) is 18.9 Å². The van der Waals surface area contributed by atoms with Gasteiger partial charge in [0.15, 0.2) is 0 Å². The first kappa shape index (κ1) is 8.81. The Morgan fingerprint density at radius 1 is 1.55 bits per heavy atom. The van der Waals surface area contributed by atoms with Crippen LogP contribution in [-0.2, 0) is 4.79 Å². The van der Waals surface area contributed by atoms with Crippen molar-refractivity contribution in [3.05, 3.63) is 0 Å². The minimum absolute atomic E-state index is 0. The quantitative estimate of drug-likeness (QED) is 0.564. The molecule has 0 saturated carbocycles. The number of carbonyl (C=O) groups is 1. The van der Waals surface area contributed by atoms with Gasteiger partial charge in [-0.3, -0.25) is 4.79 Å². The lowest BCUT2D eigenvalue weighted by Crippen LogP contribution is -2.76. The Balaban J connectivity index is 0.000000605. The van der Waals surface area contributed by atoms with Gasteiger partial charge in [-0.15, -0.1) is 12.4 Å². The van der Waals surface area contributed by atoms with Gasteiger partial charge in [0.1, 0.15) is 0 Å². The second-order valence-electron chi connectivity index (χ2n) is 3.25. The smallest absolute Gasteiger partial charge is 0.219 e.